The van der Waals surface area contributed by atoms with Gasteiger partial charge in [-0.1, -0.05) is 12.1 Å². The average molecular weight is 321 g/mol. The fourth-order valence-electron chi connectivity index (χ4n) is 2.89. The minimum atomic E-state index is -0.0442. The van der Waals surface area contributed by atoms with Crippen molar-refractivity contribution in [2.45, 2.75) is 58.2 Å². The van der Waals surface area contributed by atoms with E-state index in [1.165, 1.54) is 0 Å². The van der Waals surface area contributed by atoms with Crippen LogP contribution in [0.1, 0.15) is 44.8 Å². The van der Waals surface area contributed by atoms with Crippen molar-refractivity contribution in [1.29, 1.82) is 0 Å². The van der Waals surface area contributed by atoms with Crippen LogP contribution in [-0.2, 0) is 17.8 Å². The number of aromatic nitrogens is 2. The predicted octanol–water partition coefficient (Wildman–Crippen LogP) is 0.807. The zero-order valence-corrected chi connectivity index (χ0v) is 14.1. The SMILES string of the molecule is CCCc1noc(CN2CCN(C(C)C(=O)NC3CC3)CC2)n1. The lowest BCUT2D eigenvalue weighted by atomic mass is 10.2. The summed E-state index contributed by atoms with van der Waals surface area (Å²) in [5.74, 6) is 1.66. The Kier molecular flexibility index (Phi) is 5.27. The van der Waals surface area contributed by atoms with Crippen LogP contribution in [-0.4, -0.2) is 64.1 Å². The van der Waals surface area contributed by atoms with Crippen LogP contribution >= 0.6 is 0 Å². The third-order valence-electron chi connectivity index (χ3n) is 4.60. The molecule has 0 radical (unpaired) electrons. The summed E-state index contributed by atoms with van der Waals surface area (Å²) in [5, 5.41) is 7.08. The maximum Gasteiger partial charge on any atom is 0.240 e. The van der Waals surface area contributed by atoms with E-state index in [0.29, 0.717) is 18.5 Å². The minimum absolute atomic E-state index is 0.0442. The summed E-state index contributed by atoms with van der Waals surface area (Å²) >= 11 is 0. The number of hydrogen-bond acceptors (Lipinski definition) is 6. The molecule has 0 bridgehead atoms. The van der Waals surface area contributed by atoms with Crippen LogP contribution in [0.25, 0.3) is 0 Å². The standard InChI is InChI=1S/C16H27N5O2/c1-3-4-14-18-15(23-19-14)11-20-7-9-21(10-8-20)12(2)16(22)17-13-5-6-13/h12-13H,3-11H2,1-2H3,(H,17,22). The molecule has 1 unspecified atom stereocenters. The second kappa shape index (κ2) is 7.40. The minimum Gasteiger partial charge on any atom is -0.352 e. The van der Waals surface area contributed by atoms with Gasteiger partial charge in [-0.15, -0.1) is 0 Å². The molecule has 1 N–H and O–H groups in total. The second-order valence-electron chi connectivity index (χ2n) is 6.63. The monoisotopic (exact) mass is 321 g/mol. The molecule has 1 atom stereocenters. The van der Waals surface area contributed by atoms with Gasteiger partial charge in [0.2, 0.25) is 11.8 Å². The number of rotatable bonds is 7. The van der Waals surface area contributed by atoms with Crippen molar-refractivity contribution in [2.75, 3.05) is 26.2 Å². The number of carbonyl (C=O) groups is 1. The van der Waals surface area contributed by atoms with Gasteiger partial charge in [0.15, 0.2) is 5.82 Å². The Morgan fingerprint density at radius 3 is 2.74 bits per heavy atom. The normalized spacial score (nSPS) is 21.3. The van der Waals surface area contributed by atoms with Crippen LogP contribution in [0.5, 0.6) is 0 Å². The highest BCUT2D eigenvalue weighted by molar-refractivity contribution is 5.81. The molecule has 2 heterocycles. The van der Waals surface area contributed by atoms with E-state index in [1.54, 1.807) is 0 Å². The number of amides is 1. The Balaban J connectivity index is 1.42. The zero-order valence-electron chi connectivity index (χ0n) is 14.1. The predicted molar refractivity (Wildman–Crippen MR) is 85.8 cm³/mol. The van der Waals surface area contributed by atoms with Crippen molar-refractivity contribution < 1.29 is 9.32 Å². The third kappa shape index (κ3) is 4.51. The molecule has 23 heavy (non-hydrogen) atoms. The number of hydrogen-bond donors (Lipinski definition) is 1. The Morgan fingerprint density at radius 1 is 1.35 bits per heavy atom. The lowest BCUT2D eigenvalue weighted by molar-refractivity contribution is -0.126. The van der Waals surface area contributed by atoms with E-state index in [1.807, 2.05) is 6.92 Å². The number of carbonyl (C=O) groups excluding carboxylic acids is 1. The lowest BCUT2D eigenvalue weighted by Crippen LogP contribution is -2.53. The van der Waals surface area contributed by atoms with Gasteiger partial charge < -0.3 is 9.84 Å². The molecule has 1 aliphatic carbocycles. The topological polar surface area (TPSA) is 74.5 Å². The summed E-state index contributed by atoms with van der Waals surface area (Å²) in [6.45, 7) is 8.45. The largest absolute Gasteiger partial charge is 0.352 e. The molecule has 1 saturated carbocycles. The summed E-state index contributed by atoms with van der Waals surface area (Å²) in [7, 11) is 0. The van der Waals surface area contributed by atoms with Crippen molar-refractivity contribution in [3.63, 3.8) is 0 Å². The van der Waals surface area contributed by atoms with Crippen LogP contribution in [0.4, 0.5) is 0 Å². The molecule has 0 aromatic carbocycles. The van der Waals surface area contributed by atoms with E-state index >= 15 is 0 Å². The first kappa shape index (κ1) is 16.4. The molecule has 1 amide bonds. The maximum absolute atomic E-state index is 12.1. The lowest BCUT2D eigenvalue weighted by Gasteiger charge is -2.36. The van der Waals surface area contributed by atoms with Crippen molar-refractivity contribution in [2.24, 2.45) is 0 Å². The highest BCUT2D eigenvalue weighted by atomic mass is 16.5. The van der Waals surface area contributed by atoms with Crippen LogP contribution < -0.4 is 5.32 Å². The van der Waals surface area contributed by atoms with Gasteiger partial charge in [-0.05, 0) is 26.2 Å². The van der Waals surface area contributed by atoms with Crippen LogP contribution in [0.15, 0.2) is 4.52 Å². The molecule has 1 saturated heterocycles. The van der Waals surface area contributed by atoms with E-state index in [4.69, 9.17) is 4.52 Å². The molecule has 2 fully saturated rings. The van der Waals surface area contributed by atoms with E-state index < -0.39 is 0 Å². The quantitative estimate of drug-likeness (QED) is 0.801. The highest BCUT2D eigenvalue weighted by Crippen LogP contribution is 2.19. The first-order valence-corrected chi connectivity index (χ1v) is 8.74. The Hall–Kier alpha value is -1.47. The van der Waals surface area contributed by atoms with E-state index in [9.17, 15) is 4.79 Å². The molecule has 2 aliphatic rings. The summed E-state index contributed by atoms with van der Waals surface area (Å²) < 4.78 is 5.30. The van der Waals surface area contributed by atoms with Crippen molar-refractivity contribution in [3.8, 4) is 0 Å². The molecule has 7 nitrogen and oxygen atoms in total. The fraction of sp³-hybridized carbons (Fsp3) is 0.812. The summed E-state index contributed by atoms with van der Waals surface area (Å²) in [6.07, 6.45) is 4.16. The molecule has 1 aromatic rings. The number of aryl methyl sites for hydroxylation is 1. The first-order valence-electron chi connectivity index (χ1n) is 8.74. The van der Waals surface area contributed by atoms with E-state index in [2.05, 4.69) is 32.2 Å². The van der Waals surface area contributed by atoms with Gasteiger partial charge >= 0.3 is 0 Å². The van der Waals surface area contributed by atoms with Gasteiger partial charge in [0.1, 0.15) is 0 Å². The number of nitrogens with one attached hydrogen (secondary N) is 1. The fourth-order valence-corrected chi connectivity index (χ4v) is 2.89. The molecule has 0 spiro atoms. The van der Waals surface area contributed by atoms with Gasteiger partial charge in [-0.3, -0.25) is 14.6 Å². The van der Waals surface area contributed by atoms with Crippen molar-refractivity contribution in [3.05, 3.63) is 11.7 Å². The van der Waals surface area contributed by atoms with Crippen LogP contribution in [0.3, 0.4) is 0 Å². The maximum atomic E-state index is 12.1. The van der Waals surface area contributed by atoms with Gasteiger partial charge in [-0.25, -0.2) is 0 Å². The molecular formula is C16H27N5O2. The molecule has 7 heteroatoms. The van der Waals surface area contributed by atoms with Gasteiger partial charge in [0.05, 0.1) is 12.6 Å². The Labute approximate surface area is 137 Å². The molecular weight excluding hydrogens is 294 g/mol. The van der Waals surface area contributed by atoms with Crippen LogP contribution in [0, 0.1) is 0 Å². The van der Waals surface area contributed by atoms with Gasteiger partial charge in [0.25, 0.3) is 0 Å². The number of piperazine rings is 1. The van der Waals surface area contributed by atoms with E-state index in [0.717, 1.165) is 57.7 Å². The highest BCUT2D eigenvalue weighted by Gasteiger charge is 2.30. The Bertz CT molecular complexity index is 520. The van der Waals surface area contributed by atoms with Crippen molar-refractivity contribution >= 4 is 5.91 Å². The van der Waals surface area contributed by atoms with Crippen molar-refractivity contribution in [1.82, 2.24) is 25.3 Å². The molecule has 1 aromatic heterocycles. The van der Waals surface area contributed by atoms with Gasteiger partial charge in [0, 0.05) is 38.6 Å². The summed E-state index contributed by atoms with van der Waals surface area (Å²) in [5.41, 5.74) is 0. The van der Waals surface area contributed by atoms with E-state index in [-0.39, 0.29) is 11.9 Å². The summed E-state index contributed by atoms with van der Waals surface area (Å²) in [6, 6.07) is 0.387. The summed E-state index contributed by atoms with van der Waals surface area (Å²) in [4.78, 5) is 21.1. The second-order valence-corrected chi connectivity index (χ2v) is 6.63. The smallest absolute Gasteiger partial charge is 0.240 e. The molecule has 128 valence electrons. The van der Waals surface area contributed by atoms with Crippen LogP contribution in [0.2, 0.25) is 0 Å². The number of nitrogens with zero attached hydrogens (tertiary/aromatic N) is 4. The third-order valence-corrected chi connectivity index (χ3v) is 4.60. The molecule has 3 rings (SSSR count). The van der Waals surface area contributed by atoms with Gasteiger partial charge in [-0.2, -0.15) is 4.98 Å². The average Bonchev–Trinajstić information content (AvgIpc) is 3.26. The Morgan fingerprint density at radius 2 is 2.09 bits per heavy atom. The zero-order chi connectivity index (χ0) is 16.2. The first-order chi connectivity index (χ1) is 11.2. The molecule has 1 aliphatic heterocycles.